The Bertz CT molecular complexity index is 169. The van der Waals surface area contributed by atoms with Gasteiger partial charge >= 0.3 is 0 Å². The topological polar surface area (TPSA) is 54.4 Å². The molecule has 0 aliphatic carbocycles. The average Bonchev–Trinajstić information content (AvgIpc) is 1.59. The van der Waals surface area contributed by atoms with E-state index < -0.39 is 10.1 Å². The Labute approximate surface area is 50.7 Å². The Hall–Kier alpha value is 0.0800. The van der Waals surface area contributed by atoms with Crippen LogP contribution in [0.2, 0.25) is 0 Å². The van der Waals surface area contributed by atoms with Gasteiger partial charge in [0.05, 0.1) is 5.41 Å². The minimum atomic E-state index is -3.88. The van der Waals surface area contributed by atoms with Crippen LogP contribution in [0.3, 0.4) is 0 Å². The second-order valence-electron chi connectivity index (χ2n) is 1.12. The highest BCUT2D eigenvalue weighted by Gasteiger charge is 1.91. The van der Waals surface area contributed by atoms with Gasteiger partial charge < -0.3 is 0 Å². The molecule has 0 aliphatic heterocycles. The first-order chi connectivity index (χ1) is 3.56. The van der Waals surface area contributed by atoms with E-state index in [-0.39, 0.29) is 0 Å². The Morgan fingerprint density at radius 3 is 2.25 bits per heavy atom. The molecule has 0 rings (SSSR count). The summed E-state index contributed by atoms with van der Waals surface area (Å²) < 4.78 is 27.7. The summed E-state index contributed by atoms with van der Waals surface area (Å²) in [5.41, 5.74) is 0. The van der Waals surface area contributed by atoms with Crippen molar-refractivity contribution in [1.82, 2.24) is 0 Å². The predicted octanol–water partition coefficient (Wildman–Crippen LogP) is 0.263. The molecule has 1 atom stereocenters. The van der Waals surface area contributed by atoms with Crippen LogP contribution in [0.25, 0.3) is 0 Å². The van der Waals surface area contributed by atoms with Crippen LogP contribution in [-0.4, -0.2) is 19.1 Å². The molecule has 48 valence electrons. The van der Waals surface area contributed by atoms with E-state index in [0.29, 0.717) is 6.16 Å². The number of hydrogen-bond acceptors (Lipinski definition) is 2. The maximum Gasteiger partial charge on any atom is 0.287 e. The van der Waals surface area contributed by atoms with Gasteiger partial charge in [-0.1, -0.05) is 6.08 Å². The van der Waals surface area contributed by atoms with Crippen molar-refractivity contribution in [2.24, 2.45) is 0 Å². The largest absolute Gasteiger partial charge is 0.287 e. The van der Waals surface area contributed by atoms with Gasteiger partial charge in [0, 0.05) is 0 Å². The van der Waals surface area contributed by atoms with Crippen molar-refractivity contribution in [2.45, 2.75) is 0 Å². The maximum absolute atomic E-state index is 9.85. The second kappa shape index (κ2) is 3.17. The van der Waals surface area contributed by atoms with Crippen LogP contribution in [0, 0.1) is 0 Å². The van der Waals surface area contributed by atoms with Crippen LogP contribution in [0.15, 0.2) is 11.5 Å². The first-order valence-corrected chi connectivity index (χ1v) is 4.22. The maximum atomic E-state index is 9.85. The lowest BCUT2D eigenvalue weighted by Crippen LogP contribution is -1.88. The van der Waals surface area contributed by atoms with E-state index in [2.05, 4.69) is 9.24 Å². The number of rotatable bonds is 2. The monoisotopic (exact) mass is 154 g/mol. The van der Waals surface area contributed by atoms with Crippen molar-refractivity contribution in [3.63, 3.8) is 0 Å². The fraction of sp³-hybridized carbons (Fsp3) is 0.333. The van der Waals surface area contributed by atoms with Crippen LogP contribution in [0.4, 0.5) is 0 Å². The fourth-order valence-electron chi connectivity index (χ4n) is 0.177. The second-order valence-corrected chi connectivity index (χ2v) is 2.90. The molecule has 0 bridgehead atoms. The van der Waals surface area contributed by atoms with E-state index in [1.165, 1.54) is 6.08 Å². The highest BCUT2D eigenvalue weighted by Crippen LogP contribution is 1.87. The summed E-state index contributed by atoms with van der Waals surface area (Å²) in [7, 11) is -1.59. The van der Waals surface area contributed by atoms with Crippen molar-refractivity contribution in [1.29, 1.82) is 0 Å². The molecular formula is C3H7O3PS. The summed E-state index contributed by atoms with van der Waals surface area (Å²) in [4.78, 5) is 0. The van der Waals surface area contributed by atoms with Crippen molar-refractivity contribution < 1.29 is 13.0 Å². The van der Waals surface area contributed by atoms with E-state index in [9.17, 15) is 8.42 Å². The van der Waals surface area contributed by atoms with Crippen molar-refractivity contribution in [2.75, 3.05) is 6.16 Å². The van der Waals surface area contributed by atoms with E-state index in [0.717, 1.165) is 5.41 Å². The third-order valence-corrected chi connectivity index (χ3v) is 1.21. The van der Waals surface area contributed by atoms with Gasteiger partial charge in [-0.05, 0) is 6.16 Å². The molecule has 0 spiro atoms. The van der Waals surface area contributed by atoms with Gasteiger partial charge in [0.2, 0.25) is 0 Å². The quantitative estimate of drug-likeness (QED) is 0.458. The molecule has 0 saturated carbocycles. The van der Waals surface area contributed by atoms with Crippen LogP contribution in [-0.2, 0) is 10.1 Å². The highest BCUT2D eigenvalue weighted by atomic mass is 32.2. The highest BCUT2D eigenvalue weighted by molar-refractivity contribution is 7.88. The molecule has 0 aliphatic rings. The van der Waals surface area contributed by atoms with Gasteiger partial charge in [-0.3, -0.25) is 4.55 Å². The summed E-state index contributed by atoms with van der Waals surface area (Å²) >= 11 is 0. The van der Waals surface area contributed by atoms with Gasteiger partial charge in [0.25, 0.3) is 10.1 Å². The van der Waals surface area contributed by atoms with Gasteiger partial charge in [-0.2, -0.15) is 8.42 Å². The third-order valence-electron chi connectivity index (χ3n) is 0.404. The zero-order valence-corrected chi connectivity index (χ0v) is 6.08. The van der Waals surface area contributed by atoms with E-state index >= 15 is 0 Å². The minimum absolute atomic E-state index is 0.528. The molecular weight excluding hydrogens is 147 g/mol. The summed E-state index contributed by atoms with van der Waals surface area (Å²) in [6.45, 7) is 0. The Morgan fingerprint density at radius 2 is 2.12 bits per heavy atom. The van der Waals surface area contributed by atoms with Gasteiger partial charge in [0.1, 0.15) is 0 Å². The molecule has 0 amide bonds. The lowest BCUT2D eigenvalue weighted by Gasteiger charge is -1.79. The predicted molar refractivity (Wildman–Crippen MR) is 35.3 cm³/mol. The normalized spacial score (nSPS) is 12.8. The standard InChI is InChI=1S/C3H7O3PS/c4-8(5,6)3-1-2-7/h1,3H,2,7H2,(H,4,5,6). The number of allylic oxidation sites excluding steroid dienone is 1. The molecule has 1 N–H and O–H groups in total. The fourth-order valence-corrected chi connectivity index (χ4v) is 0.865. The summed E-state index contributed by atoms with van der Waals surface area (Å²) in [5.74, 6) is 0. The zero-order chi connectivity index (χ0) is 6.62. The molecule has 1 unspecified atom stereocenters. The van der Waals surface area contributed by atoms with E-state index in [1.54, 1.807) is 0 Å². The smallest absolute Gasteiger partial charge is 0.282 e. The van der Waals surface area contributed by atoms with Crippen molar-refractivity contribution in [3.05, 3.63) is 11.5 Å². The van der Waals surface area contributed by atoms with Crippen LogP contribution < -0.4 is 0 Å². The average molecular weight is 154 g/mol. The molecule has 3 nitrogen and oxygen atoms in total. The first kappa shape index (κ1) is 8.08. The van der Waals surface area contributed by atoms with Crippen molar-refractivity contribution >= 4 is 19.4 Å². The molecule has 0 aromatic carbocycles. The molecule has 5 heteroatoms. The molecule has 8 heavy (non-hydrogen) atoms. The molecule has 0 aromatic rings. The molecule has 0 fully saturated rings. The minimum Gasteiger partial charge on any atom is -0.282 e. The Morgan fingerprint density at radius 1 is 1.62 bits per heavy atom. The van der Waals surface area contributed by atoms with Gasteiger partial charge in [-0.15, -0.1) is 9.24 Å². The van der Waals surface area contributed by atoms with Crippen LogP contribution >= 0.6 is 9.24 Å². The Balaban J connectivity index is 3.92. The van der Waals surface area contributed by atoms with Gasteiger partial charge in [0.15, 0.2) is 0 Å². The van der Waals surface area contributed by atoms with E-state index in [4.69, 9.17) is 4.55 Å². The van der Waals surface area contributed by atoms with Gasteiger partial charge in [-0.25, -0.2) is 0 Å². The zero-order valence-electron chi connectivity index (χ0n) is 4.11. The summed E-state index contributed by atoms with van der Waals surface area (Å²) in [6, 6.07) is 0. The van der Waals surface area contributed by atoms with Crippen LogP contribution in [0.5, 0.6) is 0 Å². The third kappa shape index (κ3) is 6.08. The summed E-state index contributed by atoms with van der Waals surface area (Å²) in [6.07, 6.45) is 1.86. The lowest BCUT2D eigenvalue weighted by atomic mass is 10.8. The first-order valence-electron chi connectivity index (χ1n) is 1.90. The molecule has 0 saturated heterocycles. The van der Waals surface area contributed by atoms with Crippen LogP contribution in [0.1, 0.15) is 0 Å². The SMILES string of the molecule is O=S(=O)(O)C=CCP. The Kier molecular flexibility index (Phi) is 3.21. The van der Waals surface area contributed by atoms with E-state index in [1.807, 2.05) is 0 Å². The molecule has 0 heterocycles. The summed E-state index contributed by atoms with van der Waals surface area (Å²) in [5, 5.41) is 0.750. The van der Waals surface area contributed by atoms with Crippen molar-refractivity contribution in [3.8, 4) is 0 Å². The molecule has 0 aromatic heterocycles. The number of hydrogen-bond donors (Lipinski definition) is 1. The lowest BCUT2D eigenvalue weighted by molar-refractivity contribution is 0.494. The molecule has 0 radical (unpaired) electrons.